The average molecular weight is 457 g/mol. The van der Waals surface area contributed by atoms with Crippen molar-refractivity contribution in [2.45, 2.75) is 33.5 Å². The molecule has 34 heavy (non-hydrogen) atoms. The van der Waals surface area contributed by atoms with Gasteiger partial charge in [-0.3, -0.25) is 4.79 Å². The summed E-state index contributed by atoms with van der Waals surface area (Å²) in [7, 11) is 0. The molecule has 0 aliphatic rings. The van der Waals surface area contributed by atoms with E-state index in [4.69, 9.17) is 10.5 Å². The Morgan fingerprint density at radius 3 is 2.29 bits per heavy atom. The molecule has 1 heterocycles. The third-order valence-corrected chi connectivity index (χ3v) is 5.72. The van der Waals surface area contributed by atoms with E-state index in [-0.39, 0.29) is 17.2 Å². The lowest BCUT2D eigenvalue weighted by atomic mass is 9.95. The molecule has 0 atom stereocenters. The average Bonchev–Trinajstić information content (AvgIpc) is 2.84. The van der Waals surface area contributed by atoms with Gasteiger partial charge in [0.2, 0.25) is 0 Å². The summed E-state index contributed by atoms with van der Waals surface area (Å²) in [5, 5.41) is 11.2. The standard InChI is InChI=1S/C28H28N2O4/c1-18(2)16-30-26(28(32)33)25(21-10-8-19(15-29)9-11-21)24-14-22(12-13-23(24)27(30)31)34-17-20-6-4-3-5-7-20/h3-14,18H,15-17,29H2,1-2H3,(H,32,33). The Balaban J connectivity index is 1.94. The third kappa shape index (κ3) is 4.72. The van der Waals surface area contributed by atoms with Gasteiger partial charge in [0.05, 0.1) is 0 Å². The van der Waals surface area contributed by atoms with Gasteiger partial charge in [-0.15, -0.1) is 0 Å². The van der Waals surface area contributed by atoms with Crippen LogP contribution in [0.25, 0.3) is 21.9 Å². The maximum absolute atomic E-state index is 13.4. The summed E-state index contributed by atoms with van der Waals surface area (Å²) in [6, 6.07) is 22.5. The van der Waals surface area contributed by atoms with Crippen LogP contribution in [0.15, 0.2) is 77.6 Å². The molecule has 0 bridgehead atoms. The molecule has 3 aromatic carbocycles. The number of fused-ring (bicyclic) bond motifs is 1. The number of nitrogens with zero attached hydrogens (tertiary/aromatic N) is 1. The third-order valence-electron chi connectivity index (χ3n) is 5.72. The van der Waals surface area contributed by atoms with E-state index in [1.807, 2.05) is 68.4 Å². The van der Waals surface area contributed by atoms with Gasteiger partial charge < -0.3 is 20.1 Å². The summed E-state index contributed by atoms with van der Waals surface area (Å²) in [6.07, 6.45) is 0. The van der Waals surface area contributed by atoms with Gasteiger partial charge >= 0.3 is 5.97 Å². The molecule has 0 spiro atoms. The number of aromatic carboxylic acids is 1. The quantitative estimate of drug-likeness (QED) is 0.386. The van der Waals surface area contributed by atoms with Crippen LogP contribution in [0.5, 0.6) is 5.75 Å². The summed E-state index contributed by atoms with van der Waals surface area (Å²) in [4.78, 5) is 25.9. The first-order valence-electron chi connectivity index (χ1n) is 11.3. The summed E-state index contributed by atoms with van der Waals surface area (Å²) < 4.78 is 7.37. The lowest BCUT2D eigenvalue weighted by Crippen LogP contribution is -2.29. The van der Waals surface area contributed by atoms with Crippen molar-refractivity contribution in [3.05, 3.63) is 100.0 Å². The number of hydrogen-bond acceptors (Lipinski definition) is 4. The Labute approximate surface area is 198 Å². The maximum Gasteiger partial charge on any atom is 0.353 e. The van der Waals surface area contributed by atoms with E-state index in [1.165, 1.54) is 4.57 Å². The van der Waals surface area contributed by atoms with Crippen LogP contribution in [0.1, 0.15) is 35.5 Å². The number of carbonyl (C=O) groups is 1. The molecule has 4 rings (SSSR count). The van der Waals surface area contributed by atoms with Crippen LogP contribution in [-0.2, 0) is 19.7 Å². The number of carboxylic acid groups (broad SMARTS) is 1. The van der Waals surface area contributed by atoms with Crippen molar-refractivity contribution in [3.63, 3.8) is 0 Å². The first-order valence-corrected chi connectivity index (χ1v) is 11.3. The predicted molar refractivity (Wildman–Crippen MR) is 134 cm³/mol. The number of pyridine rings is 1. The van der Waals surface area contributed by atoms with Crippen molar-refractivity contribution in [2.24, 2.45) is 11.7 Å². The summed E-state index contributed by atoms with van der Waals surface area (Å²) in [6.45, 7) is 4.97. The second-order valence-corrected chi connectivity index (χ2v) is 8.72. The SMILES string of the molecule is CC(C)Cn1c(C(=O)O)c(-c2ccc(CN)cc2)c2cc(OCc3ccccc3)ccc2c1=O. The number of hydrogen-bond donors (Lipinski definition) is 2. The molecule has 0 radical (unpaired) electrons. The van der Waals surface area contributed by atoms with Gasteiger partial charge in [0.15, 0.2) is 0 Å². The van der Waals surface area contributed by atoms with Gasteiger partial charge in [-0.1, -0.05) is 68.4 Å². The number of nitrogens with two attached hydrogens (primary N) is 1. The van der Waals surface area contributed by atoms with Gasteiger partial charge in [-0.25, -0.2) is 4.79 Å². The van der Waals surface area contributed by atoms with Gasteiger partial charge in [0, 0.05) is 29.4 Å². The highest BCUT2D eigenvalue weighted by Crippen LogP contribution is 2.34. The van der Waals surface area contributed by atoms with E-state index in [9.17, 15) is 14.7 Å². The normalized spacial score (nSPS) is 11.2. The largest absolute Gasteiger partial charge is 0.489 e. The topological polar surface area (TPSA) is 94.6 Å². The minimum absolute atomic E-state index is 0.0214. The maximum atomic E-state index is 13.4. The molecule has 0 saturated heterocycles. The lowest BCUT2D eigenvalue weighted by molar-refractivity contribution is 0.0683. The van der Waals surface area contributed by atoms with Crippen LogP contribution >= 0.6 is 0 Å². The molecule has 4 aromatic rings. The minimum atomic E-state index is -1.15. The zero-order chi connectivity index (χ0) is 24.2. The molecule has 0 aliphatic heterocycles. The molecular weight excluding hydrogens is 428 g/mol. The van der Waals surface area contributed by atoms with E-state index in [0.29, 0.717) is 47.3 Å². The molecule has 3 N–H and O–H groups in total. The van der Waals surface area contributed by atoms with Gasteiger partial charge in [0.1, 0.15) is 18.1 Å². The van der Waals surface area contributed by atoms with Crippen molar-refractivity contribution in [2.75, 3.05) is 0 Å². The van der Waals surface area contributed by atoms with Crippen LogP contribution in [0.4, 0.5) is 0 Å². The molecule has 0 saturated carbocycles. The van der Waals surface area contributed by atoms with Crippen LogP contribution < -0.4 is 16.0 Å². The number of ether oxygens (including phenoxy) is 1. The molecular formula is C28H28N2O4. The van der Waals surface area contributed by atoms with Crippen LogP contribution in [0, 0.1) is 5.92 Å². The Morgan fingerprint density at radius 1 is 0.971 bits per heavy atom. The molecule has 6 nitrogen and oxygen atoms in total. The molecule has 0 aliphatic carbocycles. The van der Waals surface area contributed by atoms with E-state index in [1.54, 1.807) is 18.2 Å². The molecule has 6 heteroatoms. The summed E-state index contributed by atoms with van der Waals surface area (Å²) in [5.74, 6) is -0.490. The van der Waals surface area contributed by atoms with Gasteiger partial charge in [-0.2, -0.15) is 0 Å². The Bertz CT molecular complexity index is 1370. The van der Waals surface area contributed by atoms with Gasteiger partial charge in [0.25, 0.3) is 5.56 Å². The second kappa shape index (κ2) is 9.93. The fourth-order valence-electron chi connectivity index (χ4n) is 4.12. The van der Waals surface area contributed by atoms with Crippen LogP contribution in [0.3, 0.4) is 0 Å². The van der Waals surface area contributed by atoms with E-state index >= 15 is 0 Å². The number of benzene rings is 3. The highest BCUT2D eigenvalue weighted by molar-refractivity contribution is 6.06. The zero-order valence-electron chi connectivity index (χ0n) is 19.3. The Hall–Kier alpha value is -3.90. The van der Waals surface area contributed by atoms with E-state index < -0.39 is 5.97 Å². The minimum Gasteiger partial charge on any atom is -0.489 e. The number of rotatable bonds is 8. The monoisotopic (exact) mass is 456 g/mol. The Morgan fingerprint density at radius 2 is 1.68 bits per heavy atom. The molecule has 0 amide bonds. The summed E-state index contributed by atoms with van der Waals surface area (Å²) in [5.41, 5.74) is 8.56. The highest BCUT2D eigenvalue weighted by Gasteiger charge is 2.24. The van der Waals surface area contributed by atoms with Crippen LogP contribution in [-0.4, -0.2) is 15.6 Å². The number of carboxylic acids is 1. The van der Waals surface area contributed by atoms with Crippen molar-refractivity contribution < 1.29 is 14.6 Å². The molecule has 174 valence electrons. The zero-order valence-corrected chi connectivity index (χ0v) is 19.3. The fourth-order valence-corrected chi connectivity index (χ4v) is 4.12. The fraction of sp³-hybridized carbons (Fsp3) is 0.214. The van der Waals surface area contributed by atoms with Crippen molar-refractivity contribution >= 4 is 16.7 Å². The first kappa shape index (κ1) is 23.3. The lowest BCUT2D eigenvalue weighted by Gasteiger charge is -2.19. The molecule has 0 unspecified atom stereocenters. The van der Waals surface area contributed by atoms with Crippen molar-refractivity contribution in [1.29, 1.82) is 0 Å². The molecule has 0 fully saturated rings. The molecule has 1 aromatic heterocycles. The van der Waals surface area contributed by atoms with Crippen molar-refractivity contribution in [1.82, 2.24) is 4.57 Å². The number of aromatic nitrogens is 1. The smallest absolute Gasteiger partial charge is 0.353 e. The highest BCUT2D eigenvalue weighted by atomic mass is 16.5. The first-order chi connectivity index (χ1) is 16.4. The Kier molecular flexibility index (Phi) is 6.80. The second-order valence-electron chi connectivity index (χ2n) is 8.72. The van der Waals surface area contributed by atoms with Crippen LogP contribution in [0.2, 0.25) is 0 Å². The van der Waals surface area contributed by atoms with E-state index in [2.05, 4.69) is 0 Å². The summed E-state index contributed by atoms with van der Waals surface area (Å²) >= 11 is 0. The predicted octanol–water partition coefficient (Wildman–Crippen LogP) is 5.06. The van der Waals surface area contributed by atoms with Crippen molar-refractivity contribution in [3.8, 4) is 16.9 Å². The van der Waals surface area contributed by atoms with Gasteiger partial charge in [-0.05, 0) is 40.8 Å². The van der Waals surface area contributed by atoms with E-state index in [0.717, 1.165) is 11.1 Å².